The molecule has 0 spiro atoms. The lowest BCUT2D eigenvalue weighted by Crippen LogP contribution is -1.96. The molecule has 66 valence electrons. The molecule has 0 aromatic heterocycles. The second-order valence-electron chi connectivity index (χ2n) is 2.19. The summed E-state index contributed by atoms with van der Waals surface area (Å²) in [6, 6.07) is 4.71. The van der Waals surface area contributed by atoms with E-state index in [0.29, 0.717) is 17.1 Å². The molecule has 0 saturated carbocycles. The minimum absolute atomic E-state index is 0.279. The van der Waals surface area contributed by atoms with Crippen molar-refractivity contribution >= 4 is 35.3 Å². The molecule has 0 aliphatic rings. The van der Waals surface area contributed by atoms with Crippen molar-refractivity contribution in [1.82, 2.24) is 0 Å². The van der Waals surface area contributed by atoms with Gasteiger partial charge in [0, 0.05) is 0 Å². The van der Waals surface area contributed by atoms with Gasteiger partial charge in [-0.15, -0.1) is 0 Å². The van der Waals surface area contributed by atoms with E-state index in [9.17, 15) is 4.79 Å². The summed E-state index contributed by atoms with van der Waals surface area (Å²) in [4.78, 5) is 10.1. The van der Waals surface area contributed by atoms with Crippen molar-refractivity contribution in [2.45, 2.75) is 0 Å². The number of anilines is 1. The molecule has 0 saturated heterocycles. The second-order valence-corrected chi connectivity index (χ2v) is 3.00. The van der Waals surface area contributed by atoms with Crippen molar-refractivity contribution in [1.29, 1.82) is 5.26 Å². The van der Waals surface area contributed by atoms with E-state index in [1.165, 1.54) is 12.1 Å². The van der Waals surface area contributed by atoms with Gasteiger partial charge in [0.15, 0.2) is 0 Å². The van der Waals surface area contributed by atoms with Crippen LogP contribution in [-0.2, 0) is 4.79 Å². The van der Waals surface area contributed by atoms with Crippen LogP contribution >= 0.6 is 23.2 Å². The SMILES string of the molecule is N#Cc1cc(Cl)c(Cl)cc1NC=O. The first kappa shape index (κ1) is 9.85. The molecule has 0 radical (unpaired) electrons. The van der Waals surface area contributed by atoms with Gasteiger partial charge in [0.1, 0.15) is 6.07 Å². The Kier molecular flexibility index (Phi) is 3.13. The van der Waals surface area contributed by atoms with Gasteiger partial charge in [-0.2, -0.15) is 5.26 Å². The summed E-state index contributed by atoms with van der Waals surface area (Å²) in [5, 5.41) is 11.6. The molecule has 0 atom stereocenters. The average molecular weight is 215 g/mol. The number of hydrogen-bond acceptors (Lipinski definition) is 2. The van der Waals surface area contributed by atoms with Gasteiger partial charge in [-0.1, -0.05) is 23.2 Å². The fraction of sp³-hybridized carbons (Fsp3) is 0. The van der Waals surface area contributed by atoms with Crippen molar-refractivity contribution in [3.63, 3.8) is 0 Å². The Bertz CT molecular complexity index is 384. The third kappa shape index (κ3) is 2.11. The highest BCUT2D eigenvalue weighted by atomic mass is 35.5. The van der Waals surface area contributed by atoms with Crippen LogP contribution in [0.4, 0.5) is 5.69 Å². The maximum Gasteiger partial charge on any atom is 0.211 e. The van der Waals surface area contributed by atoms with E-state index in [1.54, 1.807) is 0 Å². The molecule has 1 aromatic rings. The number of halogens is 2. The molecule has 1 rings (SSSR count). The number of nitrogens with one attached hydrogen (secondary N) is 1. The summed E-state index contributed by atoms with van der Waals surface area (Å²) in [5.74, 6) is 0. The van der Waals surface area contributed by atoms with E-state index >= 15 is 0 Å². The van der Waals surface area contributed by atoms with Crippen LogP contribution in [-0.4, -0.2) is 6.41 Å². The highest BCUT2D eigenvalue weighted by molar-refractivity contribution is 6.42. The number of carbonyl (C=O) groups excluding carboxylic acids is 1. The van der Waals surface area contributed by atoms with E-state index in [-0.39, 0.29) is 10.6 Å². The lowest BCUT2D eigenvalue weighted by molar-refractivity contribution is -0.105. The summed E-state index contributed by atoms with van der Waals surface area (Å²) in [7, 11) is 0. The zero-order valence-electron chi connectivity index (χ0n) is 6.34. The maximum absolute atomic E-state index is 10.1. The van der Waals surface area contributed by atoms with Crippen LogP contribution in [0, 0.1) is 11.3 Å². The lowest BCUT2D eigenvalue weighted by Gasteiger charge is -2.03. The maximum atomic E-state index is 10.1. The third-order valence-electron chi connectivity index (χ3n) is 1.40. The van der Waals surface area contributed by atoms with Gasteiger partial charge < -0.3 is 5.32 Å². The van der Waals surface area contributed by atoms with E-state index in [4.69, 9.17) is 28.5 Å². The number of nitrogens with zero attached hydrogens (tertiary/aromatic N) is 1. The van der Waals surface area contributed by atoms with Crippen molar-refractivity contribution < 1.29 is 4.79 Å². The number of hydrogen-bond donors (Lipinski definition) is 1. The van der Waals surface area contributed by atoms with E-state index in [0.717, 1.165) is 0 Å². The van der Waals surface area contributed by atoms with Gasteiger partial charge in [-0.25, -0.2) is 0 Å². The first-order valence-electron chi connectivity index (χ1n) is 3.28. The third-order valence-corrected chi connectivity index (χ3v) is 2.12. The van der Waals surface area contributed by atoms with Crippen molar-refractivity contribution in [2.24, 2.45) is 0 Å². The number of benzene rings is 1. The zero-order valence-corrected chi connectivity index (χ0v) is 7.86. The van der Waals surface area contributed by atoms with E-state index in [2.05, 4.69) is 5.32 Å². The molecular formula is C8H4Cl2N2O. The van der Waals surface area contributed by atoms with Gasteiger partial charge in [0.25, 0.3) is 0 Å². The molecule has 13 heavy (non-hydrogen) atoms. The predicted octanol–water partition coefficient (Wildman–Crippen LogP) is 2.43. The number of amides is 1. The van der Waals surface area contributed by atoms with Gasteiger partial charge in [-0.3, -0.25) is 4.79 Å². The standard InChI is InChI=1S/C8H4Cl2N2O/c9-6-1-5(3-11)8(12-4-13)2-7(6)10/h1-2,4H,(H,12,13). The molecule has 0 heterocycles. The topological polar surface area (TPSA) is 52.9 Å². The van der Waals surface area contributed by atoms with Crippen LogP contribution in [0.3, 0.4) is 0 Å². The molecule has 5 heteroatoms. The predicted molar refractivity (Wildman–Crippen MR) is 50.9 cm³/mol. The second kappa shape index (κ2) is 4.13. The van der Waals surface area contributed by atoms with Crippen LogP contribution in [0.15, 0.2) is 12.1 Å². The van der Waals surface area contributed by atoms with E-state index in [1.807, 2.05) is 6.07 Å². The summed E-state index contributed by atoms with van der Waals surface area (Å²) in [5.41, 5.74) is 0.633. The summed E-state index contributed by atoms with van der Waals surface area (Å²) < 4.78 is 0. The molecule has 0 bridgehead atoms. The Morgan fingerprint density at radius 3 is 2.54 bits per heavy atom. The van der Waals surface area contributed by atoms with Gasteiger partial charge in [-0.05, 0) is 12.1 Å². The van der Waals surface area contributed by atoms with Crippen LogP contribution < -0.4 is 5.32 Å². The number of rotatable bonds is 2. The largest absolute Gasteiger partial charge is 0.327 e. The van der Waals surface area contributed by atoms with Gasteiger partial charge in [0.2, 0.25) is 6.41 Å². The Hall–Kier alpha value is -1.24. The Morgan fingerprint density at radius 2 is 2.00 bits per heavy atom. The Morgan fingerprint density at radius 1 is 1.38 bits per heavy atom. The molecular weight excluding hydrogens is 211 g/mol. The molecule has 3 nitrogen and oxygen atoms in total. The van der Waals surface area contributed by atoms with Crippen LogP contribution in [0.1, 0.15) is 5.56 Å². The van der Waals surface area contributed by atoms with Crippen molar-refractivity contribution in [3.8, 4) is 6.07 Å². The van der Waals surface area contributed by atoms with Gasteiger partial charge in [0.05, 0.1) is 21.3 Å². The normalized spacial score (nSPS) is 9.00. The monoisotopic (exact) mass is 214 g/mol. The molecule has 1 amide bonds. The highest BCUT2D eigenvalue weighted by Gasteiger charge is 2.05. The summed E-state index contributed by atoms with van der Waals surface area (Å²) in [6.07, 6.45) is 0.473. The number of nitriles is 1. The van der Waals surface area contributed by atoms with Crippen LogP contribution in [0.2, 0.25) is 10.0 Å². The zero-order chi connectivity index (χ0) is 9.84. The van der Waals surface area contributed by atoms with Crippen molar-refractivity contribution in [2.75, 3.05) is 5.32 Å². The molecule has 1 aromatic carbocycles. The fourth-order valence-corrected chi connectivity index (χ4v) is 1.15. The van der Waals surface area contributed by atoms with Gasteiger partial charge >= 0.3 is 0 Å². The Labute approximate surface area is 84.9 Å². The summed E-state index contributed by atoms with van der Waals surface area (Å²) in [6.45, 7) is 0. The molecule has 0 fully saturated rings. The summed E-state index contributed by atoms with van der Waals surface area (Å²) >= 11 is 11.3. The minimum Gasteiger partial charge on any atom is -0.327 e. The molecule has 1 N–H and O–H groups in total. The first-order chi connectivity index (χ1) is 6.19. The van der Waals surface area contributed by atoms with Crippen molar-refractivity contribution in [3.05, 3.63) is 27.7 Å². The smallest absolute Gasteiger partial charge is 0.211 e. The lowest BCUT2D eigenvalue weighted by atomic mass is 10.2. The Balaban J connectivity index is 3.26. The highest BCUT2D eigenvalue weighted by Crippen LogP contribution is 2.28. The van der Waals surface area contributed by atoms with Crippen LogP contribution in [0.5, 0.6) is 0 Å². The minimum atomic E-state index is 0.279. The molecule has 0 aliphatic carbocycles. The molecule has 0 aliphatic heterocycles. The fourth-order valence-electron chi connectivity index (χ4n) is 0.822. The van der Waals surface area contributed by atoms with E-state index < -0.39 is 0 Å². The quantitative estimate of drug-likeness (QED) is 0.770. The molecule has 0 unspecified atom stereocenters. The average Bonchev–Trinajstić information content (AvgIpc) is 2.11. The number of carbonyl (C=O) groups is 1. The van der Waals surface area contributed by atoms with Crippen LogP contribution in [0.25, 0.3) is 0 Å². The first-order valence-corrected chi connectivity index (χ1v) is 4.04.